The fraction of sp³-hybridized carbons (Fsp3) is 0.700. The van der Waals surface area contributed by atoms with Crippen LogP contribution >= 0.6 is 0 Å². The van der Waals surface area contributed by atoms with Crippen molar-refractivity contribution in [3.63, 3.8) is 0 Å². The van der Waals surface area contributed by atoms with Gasteiger partial charge in [-0.2, -0.15) is 0 Å². The van der Waals surface area contributed by atoms with E-state index in [1.165, 1.54) is 6.42 Å². The molecular formula is C10H17NO2. The number of nitrogens with one attached hydrogen (secondary N) is 1. The Hall–Kier alpha value is -0.990. The van der Waals surface area contributed by atoms with Gasteiger partial charge in [-0.25, -0.2) is 4.79 Å². The van der Waals surface area contributed by atoms with Crippen LogP contribution in [-0.4, -0.2) is 18.7 Å². The molecule has 0 heterocycles. The Morgan fingerprint density at radius 1 is 1.69 bits per heavy atom. The first-order chi connectivity index (χ1) is 6.24. The van der Waals surface area contributed by atoms with Gasteiger partial charge in [0.05, 0.1) is 12.6 Å². The average molecular weight is 183 g/mol. The molecule has 1 unspecified atom stereocenters. The molecule has 0 aliphatic heterocycles. The van der Waals surface area contributed by atoms with Gasteiger partial charge in [-0.15, -0.1) is 0 Å². The van der Waals surface area contributed by atoms with E-state index in [0.29, 0.717) is 6.61 Å². The third kappa shape index (κ3) is 3.09. The summed E-state index contributed by atoms with van der Waals surface area (Å²) in [4.78, 5) is 11.1. The van der Waals surface area contributed by atoms with E-state index in [0.717, 1.165) is 24.8 Å². The number of carbonyl (C=O) groups excluding carboxylic acids is 1. The predicted molar refractivity (Wildman–Crippen MR) is 51.6 cm³/mol. The maximum atomic E-state index is 11.1. The average Bonchev–Trinajstić information content (AvgIpc) is 2.09. The number of rotatable bonds is 2. The number of alkyl carbamates (subject to hydrolysis) is 1. The van der Waals surface area contributed by atoms with E-state index in [1.54, 1.807) is 6.92 Å². The van der Waals surface area contributed by atoms with Crippen LogP contribution in [0.4, 0.5) is 4.79 Å². The molecule has 0 aromatic rings. The maximum absolute atomic E-state index is 11.1. The van der Waals surface area contributed by atoms with Crippen LogP contribution in [-0.2, 0) is 4.74 Å². The molecule has 1 saturated carbocycles. The van der Waals surface area contributed by atoms with Gasteiger partial charge in [0.2, 0.25) is 0 Å². The van der Waals surface area contributed by atoms with Crippen molar-refractivity contribution in [2.75, 3.05) is 6.61 Å². The van der Waals surface area contributed by atoms with Crippen molar-refractivity contribution in [2.24, 2.45) is 0 Å². The first-order valence-corrected chi connectivity index (χ1v) is 4.85. The Kier molecular flexibility index (Phi) is 3.80. The normalized spacial score (nSPS) is 22.5. The molecule has 1 atom stereocenters. The quantitative estimate of drug-likeness (QED) is 0.667. The fourth-order valence-corrected chi connectivity index (χ4v) is 1.57. The van der Waals surface area contributed by atoms with Gasteiger partial charge in [-0.1, -0.05) is 18.6 Å². The second-order valence-corrected chi connectivity index (χ2v) is 3.32. The van der Waals surface area contributed by atoms with Crippen molar-refractivity contribution in [1.29, 1.82) is 0 Å². The lowest BCUT2D eigenvalue weighted by Gasteiger charge is -2.24. The molecule has 1 rings (SSSR count). The summed E-state index contributed by atoms with van der Waals surface area (Å²) in [5.41, 5.74) is 1.12. The van der Waals surface area contributed by atoms with Crippen molar-refractivity contribution >= 4 is 6.09 Å². The van der Waals surface area contributed by atoms with E-state index < -0.39 is 0 Å². The molecule has 1 aliphatic carbocycles. The van der Waals surface area contributed by atoms with Crippen molar-refractivity contribution in [3.05, 3.63) is 12.2 Å². The number of amides is 1. The van der Waals surface area contributed by atoms with Gasteiger partial charge in [0.1, 0.15) is 0 Å². The van der Waals surface area contributed by atoms with E-state index in [-0.39, 0.29) is 12.1 Å². The van der Waals surface area contributed by atoms with Crippen LogP contribution in [0.3, 0.4) is 0 Å². The Morgan fingerprint density at radius 2 is 2.46 bits per heavy atom. The van der Waals surface area contributed by atoms with Gasteiger partial charge in [0.25, 0.3) is 0 Å². The second-order valence-electron chi connectivity index (χ2n) is 3.32. The Morgan fingerprint density at radius 3 is 3.08 bits per heavy atom. The molecule has 3 nitrogen and oxygen atoms in total. The lowest BCUT2D eigenvalue weighted by atomic mass is 9.91. The van der Waals surface area contributed by atoms with Crippen molar-refractivity contribution in [2.45, 2.75) is 38.6 Å². The van der Waals surface area contributed by atoms with E-state index >= 15 is 0 Å². The standard InChI is InChI=1S/C10H17NO2/c1-3-13-10(12)11-9-7-5-4-6-8(9)2/h9H,2-7H2,1H3,(H,11,12). The van der Waals surface area contributed by atoms with Gasteiger partial charge < -0.3 is 10.1 Å². The predicted octanol–water partition coefficient (Wildman–Crippen LogP) is 2.23. The molecule has 0 saturated heterocycles. The third-order valence-electron chi connectivity index (χ3n) is 2.30. The smallest absolute Gasteiger partial charge is 0.407 e. The van der Waals surface area contributed by atoms with E-state index in [2.05, 4.69) is 11.9 Å². The monoisotopic (exact) mass is 183 g/mol. The summed E-state index contributed by atoms with van der Waals surface area (Å²) in [6, 6.07) is 0.132. The molecule has 1 N–H and O–H groups in total. The highest BCUT2D eigenvalue weighted by Gasteiger charge is 2.19. The number of hydrogen-bond acceptors (Lipinski definition) is 2. The summed E-state index contributed by atoms with van der Waals surface area (Å²) in [5.74, 6) is 0. The first-order valence-electron chi connectivity index (χ1n) is 4.85. The van der Waals surface area contributed by atoms with Gasteiger partial charge in [-0.05, 0) is 26.2 Å². The number of carbonyl (C=O) groups is 1. The number of hydrogen-bond donors (Lipinski definition) is 1. The molecule has 74 valence electrons. The van der Waals surface area contributed by atoms with Gasteiger partial charge in [0.15, 0.2) is 0 Å². The van der Waals surface area contributed by atoms with E-state index in [4.69, 9.17) is 4.74 Å². The van der Waals surface area contributed by atoms with Crippen LogP contribution in [0.2, 0.25) is 0 Å². The van der Waals surface area contributed by atoms with Crippen LogP contribution in [0.15, 0.2) is 12.2 Å². The molecule has 0 radical (unpaired) electrons. The minimum Gasteiger partial charge on any atom is -0.450 e. The van der Waals surface area contributed by atoms with Crippen molar-refractivity contribution in [3.8, 4) is 0 Å². The van der Waals surface area contributed by atoms with E-state index in [9.17, 15) is 4.79 Å². The lowest BCUT2D eigenvalue weighted by Crippen LogP contribution is -2.37. The molecule has 1 amide bonds. The highest BCUT2D eigenvalue weighted by molar-refractivity contribution is 5.68. The highest BCUT2D eigenvalue weighted by atomic mass is 16.5. The third-order valence-corrected chi connectivity index (χ3v) is 2.30. The zero-order valence-corrected chi connectivity index (χ0v) is 8.14. The van der Waals surface area contributed by atoms with Crippen LogP contribution in [0.5, 0.6) is 0 Å². The molecule has 0 bridgehead atoms. The van der Waals surface area contributed by atoms with Gasteiger partial charge >= 0.3 is 6.09 Å². The molecule has 13 heavy (non-hydrogen) atoms. The van der Waals surface area contributed by atoms with Crippen LogP contribution in [0, 0.1) is 0 Å². The summed E-state index contributed by atoms with van der Waals surface area (Å²) in [6.45, 7) is 6.16. The van der Waals surface area contributed by atoms with Crippen molar-refractivity contribution < 1.29 is 9.53 Å². The molecule has 0 aromatic carbocycles. The molecule has 1 aliphatic rings. The highest BCUT2D eigenvalue weighted by Crippen LogP contribution is 2.21. The zero-order chi connectivity index (χ0) is 9.68. The van der Waals surface area contributed by atoms with Crippen molar-refractivity contribution in [1.82, 2.24) is 5.32 Å². The topological polar surface area (TPSA) is 38.3 Å². The van der Waals surface area contributed by atoms with Crippen LogP contribution < -0.4 is 5.32 Å². The summed E-state index contributed by atoms with van der Waals surface area (Å²) in [6.07, 6.45) is 4.06. The number of ether oxygens (including phenoxy) is 1. The minimum absolute atomic E-state index is 0.132. The molecule has 1 fully saturated rings. The fourth-order valence-electron chi connectivity index (χ4n) is 1.57. The summed E-state index contributed by atoms with van der Waals surface area (Å²) >= 11 is 0. The lowest BCUT2D eigenvalue weighted by molar-refractivity contribution is 0.148. The molecule has 0 aromatic heterocycles. The van der Waals surface area contributed by atoms with E-state index in [1.807, 2.05) is 0 Å². The Balaban J connectivity index is 2.33. The molecular weight excluding hydrogens is 166 g/mol. The summed E-state index contributed by atoms with van der Waals surface area (Å²) < 4.78 is 4.80. The first kappa shape index (κ1) is 10.1. The Bertz CT molecular complexity index is 201. The SMILES string of the molecule is C=C1CCCCC1NC(=O)OCC. The summed E-state index contributed by atoms with van der Waals surface area (Å²) in [5, 5.41) is 2.81. The van der Waals surface area contributed by atoms with Crippen LogP contribution in [0.1, 0.15) is 32.6 Å². The second kappa shape index (κ2) is 4.90. The molecule has 0 spiro atoms. The zero-order valence-electron chi connectivity index (χ0n) is 8.14. The maximum Gasteiger partial charge on any atom is 0.407 e. The van der Waals surface area contributed by atoms with Gasteiger partial charge in [-0.3, -0.25) is 0 Å². The minimum atomic E-state index is -0.324. The van der Waals surface area contributed by atoms with Crippen LogP contribution in [0.25, 0.3) is 0 Å². The largest absolute Gasteiger partial charge is 0.450 e. The Labute approximate surface area is 79.2 Å². The molecule has 3 heteroatoms. The summed E-state index contributed by atoms with van der Waals surface area (Å²) in [7, 11) is 0. The van der Waals surface area contributed by atoms with Gasteiger partial charge in [0, 0.05) is 0 Å².